The zero-order valence-corrected chi connectivity index (χ0v) is 10.2. The first-order valence-electron chi connectivity index (χ1n) is 6.13. The summed E-state index contributed by atoms with van der Waals surface area (Å²) in [4.78, 5) is 25.8. The largest absolute Gasteiger partial charge is 0.343 e. The van der Waals surface area contributed by atoms with Gasteiger partial charge in [-0.2, -0.15) is 0 Å². The van der Waals surface area contributed by atoms with E-state index in [2.05, 4.69) is 19.2 Å². The number of carbonyl (C=O) groups is 2. The van der Waals surface area contributed by atoms with Gasteiger partial charge in [-0.15, -0.1) is 0 Å². The molecule has 90 valence electrons. The van der Waals surface area contributed by atoms with Crippen LogP contribution in [0.5, 0.6) is 0 Å². The van der Waals surface area contributed by atoms with Crippen molar-refractivity contribution >= 4 is 11.8 Å². The van der Waals surface area contributed by atoms with Gasteiger partial charge in [-0.1, -0.05) is 13.8 Å². The number of nitrogens with zero attached hydrogens (tertiary/aromatic N) is 1. The van der Waals surface area contributed by atoms with E-state index in [1.165, 1.54) is 0 Å². The molecule has 16 heavy (non-hydrogen) atoms. The second-order valence-electron chi connectivity index (χ2n) is 5.34. The fourth-order valence-electron chi connectivity index (χ4n) is 2.33. The molecule has 2 unspecified atom stereocenters. The smallest absolute Gasteiger partial charge is 0.246 e. The highest BCUT2D eigenvalue weighted by atomic mass is 16.2. The first kappa shape index (κ1) is 11.4. The maximum absolute atomic E-state index is 12.2. The van der Waals surface area contributed by atoms with Gasteiger partial charge in [0, 0.05) is 6.04 Å². The van der Waals surface area contributed by atoms with Gasteiger partial charge < -0.3 is 10.2 Å². The molecular weight excluding hydrogens is 204 g/mol. The van der Waals surface area contributed by atoms with Crippen LogP contribution in [0.1, 0.15) is 40.0 Å². The van der Waals surface area contributed by atoms with Crippen molar-refractivity contribution in [2.45, 2.75) is 58.2 Å². The molecule has 1 N–H and O–H groups in total. The van der Waals surface area contributed by atoms with Gasteiger partial charge in [-0.05, 0) is 32.1 Å². The van der Waals surface area contributed by atoms with Gasteiger partial charge >= 0.3 is 0 Å². The fourth-order valence-corrected chi connectivity index (χ4v) is 2.33. The van der Waals surface area contributed by atoms with Crippen LogP contribution < -0.4 is 5.32 Å². The number of amides is 2. The van der Waals surface area contributed by atoms with E-state index in [-0.39, 0.29) is 23.9 Å². The average molecular weight is 224 g/mol. The number of nitrogens with one attached hydrogen (secondary N) is 1. The fraction of sp³-hybridized carbons (Fsp3) is 0.833. The minimum absolute atomic E-state index is 0.00264. The van der Waals surface area contributed by atoms with E-state index in [1.807, 2.05) is 6.92 Å². The first-order chi connectivity index (χ1) is 7.50. The summed E-state index contributed by atoms with van der Waals surface area (Å²) in [6.07, 6.45) is 2.84. The molecule has 1 saturated carbocycles. The SMILES string of the molecule is CC(C)CC1NC(=O)C(C)N(C2CC2)C1=O. The van der Waals surface area contributed by atoms with Crippen LogP contribution in [0.25, 0.3) is 0 Å². The van der Waals surface area contributed by atoms with Gasteiger partial charge in [0.2, 0.25) is 11.8 Å². The quantitative estimate of drug-likeness (QED) is 0.774. The Balaban J connectivity index is 2.11. The molecule has 4 heteroatoms. The highest BCUT2D eigenvalue weighted by Gasteiger charge is 2.44. The second kappa shape index (κ2) is 4.07. The topological polar surface area (TPSA) is 49.4 Å². The molecule has 4 nitrogen and oxygen atoms in total. The Hall–Kier alpha value is -1.06. The van der Waals surface area contributed by atoms with E-state index >= 15 is 0 Å². The molecule has 1 heterocycles. The van der Waals surface area contributed by atoms with Crippen LogP contribution in [0.15, 0.2) is 0 Å². The Morgan fingerprint density at radius 1 is 1.38 bits per heavy atom. The van der Waals surface area contributed by atoms with Crippen molar-refractivity contribution in [2.24, 2.45) is 5.92 Å². The summed E-state index contributed by atoms with van der Waals surface area (Å²) in [7, 11) is 0. The number of piperazine rings is 1. The van der Waals surface area contributed by atoms with Crippen molar-refractivity contribution in [1.29, 1.82) is 0 Å². The van der Waals surface area contributed by atoms with Crippen LogP contribution in [-0.2, 0) is 9.59 Å². The standard InChI is InChI=1S/C12H20N2O2/c1-7(2)6-10-12(16)14(9-4-5-9)8(3)11(15)13-10/h7-10H,4-6H2,1-3H3,(H,13,15). The van der Waals surface area contributed by atoms with Crippen LogP contribution in [0.2, 0.25) is 0 Å². The van der Waals surface area contributed by atoms with E-state index in [0.29, 0.717) is 12.0 Å². The van der Waals surface area contributed by atoms with Gasteiger partial charge in [-0.25, -0.2) is 0 Å². The maximum atomic E-state index is 12.2. The van der Waals surface area contributed by atoms with Crippen molar-refractivity contribution in [3.05, 3.63) is 0 Å². The number of hydrogen-bond donors (Lipinski definition) is 1. The molecule has 2 fully saturated rings. The van der Waals surface area contributed by atoms with Gasteiger partial charge in [0.25, 0.3) is 0 Å². The summed E-state index contributed by atoms with van der Waals surface area (Å²) >= 11 is 0. The first-order valence-corrected chi connectivity index (χ1v) is 6.13. The zero-order chi connectivity index (χ0) is 11.9. The lowest BCUT2D eigenvalue weighted by atomic mass is 9.99. The summed E-state index contributed by atoms with van der Waals surface area (Å²) in [5, 5.41) is 2.83. The van der Waals surface area contributed by atoms with Crippen LogP contribution in [0.4, 0.5) is 0 Å². The molecule has 0 bridgehead atoms. The number of hydrogen-bond acceptors (Lipinski definition) is 2. The molecule has 0 aromatic carbocycles. The summed E-state index contributed by atoms with van der Waals surface area (Å²) in [5.41, 5.74) is 0. The predicted molar refractivity (Wildman–Crippen MR) is 60.7 cm³/mol. The second-order valence-corrected chi connectivity index (χ2v) is 5.34. The van der Waals surface area contributed by atoms with Crippen LogP contribution >= 0.6 is 0 Å². The van der Waals surface area contributed by atoms with E-state index in [9.17, 15) is 9.59 Å². The normalized spacial score (nSPS) is 30.9. The van der Waals surface area contributed by atoms with Crippen LogP contribution in [0, 0.1) is 5.92 Å². The van der Waals surface area contributed by atoms with Gasteiger partial charge in [0.05, 0.1) is 0 Å². The summed E-state index contributed by atoms with van der Waals surface area (Å²) in [6, 6.07) is -0.268. The Morgan fingerprint density at radius 3 is 2.50 bits per heavy atom. The van der Waals surface area contributed by atoms with Gasteiger partial charge in [0.15, 0.2) is 0 Å². The van der Waals surface area contributed by atoms with Crippen molar-refractivity contribution in [3.63, 3.8) is 0 Å². The molecule has 1 saturated heterocycles. The van der Waals surface area contributed by atoms with E-state index in [1.54, 1.807) is 4.90 Å². The minimum atomic E-state index is -0.302. The lowest BCUT2D eigenvalue weighted by Crippen LogP contribution is -2.63. The van der Waals surface area contributed by atoms with E-state index in [4.69, 9.17) is 0 Å². The molecule has 2 aliphatic rings. The van der Waals surface area contributed by atoms with E-state index < -0.39 is 0 Å². The van der Waals surface area contributed by atoms with E-state index in [0.717, 1.165) is 19.3 Å². The molecule has 2 rings (SSSR count). The number of rotatable bonds is 3. The lowest BCUT2D eigenvalue weighted by molar-refractivity contribution is -0.149. The summed E-state index contributed by atoms with van der Waals surface area (Å²) in [5.74, 6) is 0.532. The van der Waals surface area contributed by atoms with Crippen molar-refractivity contribution in [2.75, 3.05) is 0 Å². The molecule has 1 aliphatic carbocycles. The predicted octanol–water partition coefficient (Wildman–Crippen LogP) is 0.910. The van der Waals surface area contributed by atoms with Crippen LogP contribution in [0.3, 0.4) is 0 Å². The maximum Gasteiger partial charge on any atom is 0.246 e. The molecule has 0 radical (unpaired) electrons. The Labute approximate surface area is 96.4 Å². The van der Waals surface area contributed by atoms with Crippen molar-refractivity contribution in [1.82, 2.24) is 10.2 Å². The molecule has 0 spiro atoms. The van der Waals surface area contributed by atoms with Gasteiger partial charge in [0.1, 0.15) is 12.1 Å². The molecular formula is C12H20N2O2. The Morgan fingerprint density at radius 2 is 2.00 bits per heavy atom. The summed E-state index contributed by atoms with van der Waals surface area (Å²) < 4.78 is 0. The molecule has 2 amide bonds. The Kier molecular flexibility index (Phi) is 2.91. The average Bonchev–Trinajstić information content (AvgIpc) is 2.98. The monoisotopic (exact) mass is 224 g/mol. The van der Waals surface area contributed by atoms with Crippen LogP contribution in [-0.4, -0.2) is 34.8 Å². The zero-order valence-electron chi connectivity index (χ0n) is 10.2. The highest BCUT2D eigenvalue weighted by Crippen LogP contribution is 2.31. The molecule has 2 atom stereocenters. The lowest BCUT2D eigenvalue weighted by Gasteiger charge is -2.38. The molecule has 0 aromatic rings. The molecule has 0 aromatic heterocycles. The third-order valence-electron chi connectivity index (χ3n) is 3.31. The third-order valence-corrected chi connectivity index (χ3v) is 3.31. The minimum Gasteiger partial charge on any atom is -0.343 e. The third kappa shape index (κ3) is 2.06. The highest BCUT2D eigenvalue weighted by molar-refractivity contribution is 5.97. The number of carbonyl (C=O) groups excluding carboxylic acids is 2. The van der Waals surface area contributed by atoms with Crippen molar-refractivity contribution in [3.8, 4) is 0 Å². The summed E-state index contributed by atoms with van der Waals surface area (Å²) in [6.45, 7) is 5.95. The molecule has 1 aliphatic heterocycles. The van der Waals surface area contributed by atoms with Gasteiger partial charge in [-0.3, -0.25) is 9.59 Å². The van der Waals surface area contributed by atoms with Crippen molar-refractivity contribution < 1.29 is 9.59 Å². The Bertz CT molecular complexity index is 310.